The molecule has 0 saturated carbocycles. The molecule has 1 aromatic rings. The Labute approximate surface area is 93.2 Å². The van der Waals surface area contributed by atoms with Crippen LogP contribution in [0.4, 0.5) is 8.78 Å². The largest absolute Gasteiger partial charge is 0.381 e. The van der Waals surface area contributed by atoms with Gasteiger partial charge in [-0.1, -0.05) is 6.07 Å². The summed E-state index contributed by atoms with van der Waals surface area (Å²) in [7, 11) is 1.59. The maximum atomic E-state index is 13.2. The van der Waals surface area contributed by atoms with E-state index in [9.17, 15) is 8.78 Å². The first-order chi connectivity index (χ1) is 7.68. The van der Waals surface area contributed by atoms with E-state index >= 15 is 0 Å². The topological polar surface area (TPSA) is 18.5 Å². The van der Waals surface area contributed by atoms with Crippen LogP contribution in [0.15, 0.2) is 18.2 Å². The average molecular weight is 228 g/mol. The molecule has 1 aliphatic heterocycles. The first-order valence-electron chi connectivity index (χ1n) is 5.26. The highest BCUT2D eigenvalue weighted by molar-refractivity contribution is 5.25. The summed E-state index contributed by atoms with van der Waals surface area (Å²) in [6, 6.07) is 3.93. The highest BCUT2D eigenvalue weighted by atomic mass is 19.2. The minimum atomic E-state index is -0.833. The number of ether oxygens (including phenoxy) is 2. The molecule has 1 heterocycles. The lowest BCUT2D eigenvalue weighted by Gasteiger charge is -2.36. The molecule has 0 radical (unpaired) electrons. The smallest absolute Gasteiger partial charge is 0.159 e. The van der Waals surface area contributed by atoms with Crippen molar-refractivity contribution in [2.45, 2.75) is 18.4 Å². The molecule has 88 valence electrons. The number of halogens is 2. The Morgan fingerprint density at radius 1 is 1.19 bits per heavy atom. The fourth-order valence-corrected chi connectivity index (χ4v) is 2.09. The summed E-state index contributed by atoms with van der Waals surface area (Å²) in [4.78, 5) is 0. The minimum absolute atomic E-state index is 0.535. The van der Waals surface area contributed by atoms with Crippen molar-refractivity contribution in [1.29, 1.82) is 0 Å². The van der Waals surface area contributed by atoms with E-state index in [0.29, 0.717) is 31.6 Å². The van der Waals surface area contributed by atoms with Gasteiger partial charge in [-0.15, -0.1) is 0 Å². The lowest BCUT2D eigenvalue weighted by atomic mass is 9.86. The molecule has 16 heavy (non-hydrogen) atoms. The zero-order valence-corrected chi connectivity index (χ0v) is 9.13. The van der Waals surface area contributed by atoms with E-state index in [-0.39, 0.29) is 0 Å². The molecule has 0 N–H and O–H groups in total. The van der Waals surface area contributed by atoms with Gasteiger partial charge in [-0.05, 0) is 17.7 Å². The molecule has 1 aromatic carbocycles. The van der Waals surface area contributed by atoms with Crippen LogP contribution in [0.1, 0.15) is 18.4 Å². The van der Waals surface area contributed by atoms with Crippen LogP contribution in [0.3, 0.4) is 0 Å². The lowest BCUT2D eigenvalue weighted by Crippen LogP contribution is -2.35. The van der Waals surface area contributed by atoms with E-state index in [0.717, 1.165) is 6.07 Å². The maximum Gasteiger partial charge on any atom is 0.159 e. The van der Waals surface area contributed by atoms with Crippen molar-refractivity contribution in [3.8, 4) is 0 Å². The SMILES string of the molecule is COC1(c2ccc(F)c(F)c2)CCOCC1. The maximum absolute atomic E-state index is 13.2. The fraction of sp³-hybridized carbons (Fsp3) is 0.500. The summed E-state index contributed by atoms with van der Waals surface area (Å²) >= 11 is 0. The Kier molecular flexibility index (Phi) is 3.21. The molecular formula is C12H14F2O2. The monoisotopic (exact) mass is 228 g/mol. The van der Waals surface area contributed by atoms with E-state index in [2.05, 4.69) is 0 Å². The highest BCUT2D eigenvalue weighted by Gasteiger charge is 2.34. The highest BCUT2D eigenvalue weighted by Crippen LogP contribution is 2.35. The summed E-state index contributed by atoms with van der Waals surface area (Å²) in [6.45, 7) is 1.15. The summed E-state index contributed by atoms with van der Waals surface area (Å²) in [5.74, 6) is -1.66. The molecule has 1 aliphatic rings. The van der Waals surface area contributed by atoms with Crippen molar-refractivity contribution in [2.24, 2.45) is 0 Å². The predicted molar refractivity (Wildman–Crippen MR) is 55.1 cm³/mol. The zero-order chi connectivity index (χ0) is 11.6. The molecule has 0 spiro atoms. The molecule has 2 nitrogen and oxygen atoms in total. The van der Waals surface area contributed by atoms with Crippen molar-refractivity contribution < 1.29 is 18.3 Å². The Bertz CT molecular complexity index is 373. The van der Waals surface area contributed by atoms with Gasteiger partial charge in [0.05, 0.1) is 5.60 Å². The van der Waals surface area contributed by atoms with Crippen LogP contribution in [-0.4, -0.2) is 20.3 Å². The molecule has 0 unspecified atom stereocenters. The van der Waals surface area contributed by atoms with Crippen molar-refractivity contribution in [3.05, 3.63) is 35.4 Å². The predicted octanol–water partition coefficient (Wildman–Crippen LogP) is 2.62. The zero-order valence-electron chi connectivity index (χ0n) is 9.13. The Balaban J connectivity index is 2.35. The first-order valence-corrected chi connectivity index (χ1v) is 5.26. The molecule has 0 bridgehead atoms. The van der Waals surface area contributed by atoms with Gasteiger partial charge in [0.1, 0.15) is 0 Å². The van der Waals surface area contributed by atoms with Gasteiger partial charge < -0.3 is 9.47 Å². The number of hydrogen-bond acceptors (Lipinski definition) is 2. The lowest BCUT2D eigenvalue weighted by molar-refractivity contribution is -0.0949. The summed E-state index contributed by atoms with van der Waals surface area (Å²) in [5, 5.41) is 0. The van der Waals surface area contributed by atoms with Gasteiger partial charge in [-0.2, -0.15) is 0 Å². The molecule has 0 amide bonds. The second-order valence-electron chi connectivity index (χ2n) is 3.94. The molecule has 1 saturated heterocycles. The number of hydrogen-bond donors (Lipinski definition) is 0. The molecule has 0 atom stereocenters. The van der Waals surface area contributed by atoms with Crippen LogP contribution < -0.4 is 0 Å². The minimum Gasteiger partial charge on any atom is -0.381 e. The Hall–Kier alpha value is -1.00. The molecule has 1 fully saturated rings. The molecule has 0 aliphatic carbocycles. The third-order valence-electron chi connectivity index (χ3n) is 3.14. The quantitative estimate of drug-likeness (QED) is 0.774. The van der Waals surface area contributed by atoms with Crippen LogP contribution in [0.5, 0.6) is 0 Å². The van der Waals surface area contributed by atoms with Crippen LogP contribution in [-0.2, 0) is 15.1 Å². The fourth-order valence-electron chi connectivity index (χ4n) is 2.09. The van der Waals surface area contributed by atoms with Gasteiger partial charge in [0, 0.05) is 33.2 Å². The van der Waals surface area contributed by atoms with Gasteiger partial charge in [-0.3, -0.25) is 0 Å². The number of benzene rings is 1. The van der Waals surface area contributed by atoms with Gasteiger partial charge >= 0.3 is 0 Å². The van der Waals surface area contributed by atoms with E-state index in [4.69, 9.17) is 9.47 Å². The van der Waals surface area contributed by atoms with E-state index in [1.807, 2.05) is 0 Å². The van der Waals surface area contributed by atoms with Crippen molar-refractivity contribution in [3.63, 3.8) is 0 Å². The average Bonchev–Trinajstić information content (AvgIpc) is 2.33. The Morgan fingerprint density at radius 3 is 2.44 bits per heavy atom. The van der Waals surface area contributed by atoms with E-state index in [1.54, 1.807) is 13.2 Å². The van der Waals surface area contributed by atoms with E-state index in [1.165, 1.54) is 6.07 Å². The summed E-state index contributed by atoms with van der Waals surface area (Å²) < 4.78 is 36.8. The molecule has 2 rings (SSSR count). The molecule has 4 heteroatoms. The van der Waals surface area contributed by atoms with Crippen molar-refractivity contribution >= 4 is 0 Å². The van der Waals surface area contributed by atoms with Gasteiger partial charge in [0.15, 0.2) is 11.6 Å². The first kappa shape index (κ1) is 11.5. The van der Waals surface area contributed by atoms with Crippen LogP contribution >= 0.6 is 0 Å². The van der Waals surface area contributed by atoms with Gasteiger partial charge in [0.25, 0.3) is 0 Å². The van der Waals surface area contributed by atoms with Gasteiger partial charge in [0.2, 0.25) is 0 Å². The van der Waals surface area contributed by atoms with Crippen LogP contribution in [0.2, 0.25) is 0 Å². The third kappa shape index (κ3) is 1.95. The second-order valence-corrected chi connectivity index (χ2v) is 3.94. The standard InChI is InChI=1S/C12H14F2O2/c1-15-12(4-6-16-7-5-12)9-2-3-10(13)11(14)8-9/h2-3,8H,4-7H2,1H3. The normalized spacial score (nSPS) is 19.7. The van der Waals surface area contributed by atoms with Crippen LogP contribution in [0.25, 0.3) is 0 Å². The molecular weight excluding hydrogens is 214 g/mol. The van der Waals surface area contributed by atoms with Crippen molar-refractivity contribution in [1.82, 2.24) is 0 Å². The summed E-state index contributed by atoms with van der Waals surface area (Å²) in [6.07, 6.45) is 1.32. The van der Waals surface area contributed by atoms with E-state index < -0.39 is 17.2 Å². The Morgan fingerprint density at radius 2 is 1.88 bits per heavy atom. The van der Waals surface area contributed by atoms with Crippen LogP contribution in [0, 0.1) is 11.6 Å². The second kappa shape index (κ2) is 4.47. The number of rotatable bonds is 2. The number of methoxy groups -OCH3 is 1. The van der Waals surface area contributed by atoms with Gasteiger partial charge in [-0.25, -0.2) is 8.78 Å². The summed E-state index contributed by atoms with van der Waals surface area (Å²) in [5.41, 5.74) is 0.143. The molecule has 0 aromatic heterocycles. The third-order valence-corrected chi connectivity index (χ3v) is 3.14. The van der Waals surface area contributed by atoms with Crippen molar-refractivity contribution in [2.75, 3.05) is 20.3 Å².